The number of H-pyrrole nitrogens is 1. The van der Waals surface area contributed by atoms with Gasteiger partial charge in [0.1, 0.15) is 0 Å². The number of hydrogen-bond acceptors (Lipinski definition) is 3. The van der Waals surface area contributed by atoms with Crippen molar-refractivity contribution < 1.29 is 4.79 Å². The summed E-state index contributed by atoms with van der Waals surface area (Å²) in [5, 5.41) is 14.1. The number of carbonyl (C=O) groups excluding carboxylic acids is 1. The van der Waals surface area contributed by atoms with Crippen LogP contribution in [0.4, 0.5) is 11.4 Å². The van der Waals surface area contributed by atoms with Crippen LogP contribution < -0.4 is 10.6 Å². The van der Waals surface area contributed by atoms with Crippen LogP contribution in [0.2, 0.25) is 0 Å². The summed E-state index contributed by atoms with van der Waals surface area (Å²) < 4.78 is 0. The first-order valence-electron chi connectivity index (χ1n) is 6.89. The van der Waals surface area contributed by atoms with Gasteiger partial charge in [-0.2, -0.15) is 5.10 Å². The minimum atomic E-state index is -0.164. The van der Waals surface area contributed by atoms with Gasteiger partial charge >= 0.3 is 0 Å². The first-order valence-corrected chi connectivity index (χ1v) is 6.89. The number of rotatable bonds is 2. The Morgan fingerprint density at radius 3 is 3.05 bits per heavy atom. The molecule has 21 heavy (non-hydrogen) atoms. The van der Waals surface area contributed by atoms with Gasteiger partial charge < -0.3 is 10.6 Å². The number of aromatic amines is 1. The molecule has 3 aromatic rings. The number of anilines is 2. The third-order valence-corrected chi connectivity index (χ3v) is 3.89. The Bertz CT molecular complexity index is 824. The molecule has 5 heteroatoms. The smallest absolute Gasteiger partial charge is 0.233 e. The van der Waals surface area contributed by atoms with Crippen molar-refractivity contribution in [3.8, 4) is 0 Å². The van der Waals surface area contributed by atoms with Crippen LogP contribution in [0.15, 0.2) is 48.7 Å². The molecule has 1 aliphatic rings. The Hall–Kier alpha value is -2.82. The molecule has 0 spiro atoms. The van der Waals surface area contributed by atoms with Gasteiger partial charge in [0.25, 0.3) is 0 Å². The molecule has 0 bridgehead atoms. The molecule has 5 nitrogen and oxygen atoms in total. The van der Waals surface area contributed by atoms with E-state index in [-0.39, 0.29) is 11.8 Å². The van der Waals surface area contributed by atoms with Crippen LogP contribution in [0.3, 0.4) is 0 Å². The Kier molecular flexibility index (Phi) is 2.64. The molecule has 104 valence electrons. The molecule has 1 aliphatic heterocycles. The average molecular weight is 278 g/mol. The second kappa shape index (κ2) is 4.63. The molecule has 4 rings (SSSR count). The van der Waals surface area contributed by atoms with E-state index in [1.54, 1.807) is 6.20 Å². The summed E-state index contributed by atoms with van der Waals surface area (Å²) in [4.78, 5) is 12.6. The molecule has 1 unspecified atom stereocenters. The Morgan fingerprint density at radius 2 is 2.10 bits per heavy atom. The number of nitrogens with one attached hydrogen (secondary N) is 3. The molecule has 2 aromatic carbocycles. The van der Waals surface area contributed by atoms with Gasteiger partial charge in [-0.05, 0) is 23.8 Å². The third-order valence-electron chi connectivity index (χ3n) is 3.89. The second-order valence-electron chi connectivity index (χ2n) is 5.15. The predicted molar refractivity (Wildman–Crippen MR) is 82.4 cm³/mol. The number of amides is 1. The van der Waals surface area contributed by atoms with E-state index in [9.17, 15) is 4.79 Å². The van der Waals surface area contributed by atoms with Crippen molar-refractivity contribution in [1.82, 2.24) is 10.2 Å². The van der Waals surface area contributed by atoms with Crippen molar-refractivity contribution in [1.29, 1.82) is 0 Å². The van der Waals surface area contributed by atoms with Gasteiger partial charge in [0.15, 0.2) is 0 Å². The highest BCUT2D eigenvalue weighted by Gasteiger charge is 2.28. The van der Waals surface area contributed by atoms with Crippen LogP contribution in [-0.2, 0) is 4.79 Å². The van der Waals surface area contributed by atoms with E-state index in [2.05, 4.69) is 20.8 Å². The first kappa shape index (κ1) is 12.0. The van der Waals surface area contributed by atoms with Crippen LogP contribution in [0.25, 0.3) is 10.9 Å². The summed E-state index contributed by atoms with van der Waals surface area (Å²) in [6.45, 7) is 0.631. The first-order chi connectivity index (χ1) is 10.3. The fourth-order valence-electron chi connectivity index (χ4n) is 2.81. The zero-order chi connectivity index (χ0) is 14.2. The normalized spacial score (nSPS) is 16.5. The third kappa shape index (κ3) is 1.94. The standard InChI is InChI=1S/C16H14N4O/c21-16(11-8-17-13-5-2-1-4-10(11)13)19-14-6-3-7-15-12(14)9-18-20-15/h1-7,9,11,17H,8H2,(H,18,20)(H,19,21). The van der Waals surface area contributed by atoms with E-state index in [4.69, 9.17) is 0 Å². The van der Waals surface area contributed by atoms with Gasteiger partial charge in [-0.25, -0.2) is 0 Å². The fourth-order valence-corrected chi connectivity index (χ4v) is 2.81. The monoisotopic (exact) mass is 278 g/mol. The van der Waals surface area contributed by atoms with Crippen molar-refractivity contribution in [2.75, 3.05) is 17.2 Å². The molecule has 2 heterocycles. The summed E-state index contributed by atoms with van der Waals surface area (Å²) >= 11 is 0. The van der Waals surface area contributed by atoms with Gasteiger partial charge in [0, 0.05) is 17.6 Å². The Morgan fingerprint density at radius 1 is 1.19 bits per heavy atom. The zero-order valence-corrected chi connectivity index (χ0v) is 11.3. The number of nitrogens with zero attached hydrogens (tertiary/aromatic N) is 1. The summed E-state index contributed by atoms with van der Waals surface area (Å²) in [5.74, 6) is -0.162. The van der Waals surface area contributed by atoms with Crippen LogP contribution in [0.1, 0.15) is 11.5 Å². The topological polar surface area (TPSA) is 69.8 Å². The SMILES string of the molecule is O=C(Nc1cccc2[nH]ncc12)C1CNc2ccccc21. The maximum Gasteiger partial charge on any atom is 0.233 e. The van der Waals surface area contributed by atoms with Gasteiger partial charge in [-0.3, -0.25) is 9.89 Å². The van der Waals surface area contributed by atoms with Crippen molar-refractivity contribution in [3.63, 3.8) is 0 Å². The quantitative estimate of drug-likeness (QED) is 0.675. The number of aromatic nitrogens is 2. The van der Waals surface area contributed by atoms with E-state index in [0.29, 0.717) is 6.54 Å². The molecule has 1 amide bonds. The molecule has 1 aromatic heterocycles. The molecule has 0 radical (unpaired) electrons. The molecule has 3 N–H and O–H groups in total. The highest BCUT2D eigenvalue weighted by atomic mass is 16.1. The maximum absolute atomic E-state index is 12.6. The molecule has 0 fully saturated rings. The maximum atomic E-state index is 12.6. The van der Waals surface area contributed by atoms with Crippen LogP contribution >= 0.6 is 0 Å². The van der Waals surface area contributed by atoms with E-state index in [0.717, 1.165) is 27.8 Å². The lowest BCUT2D eigenvalue weighted by molar-refractivity contribution is -0.117. The predicted octanol–water partition coefficient (Wildman–Crippen LogP) is 2.71. The molecule has 1 atom stereocenters. The molecule has 0 saturated carbocycles. The van der Waals surface area contributed by atoms with Crippen molar-refractivity contribution >= 4 is 28.2 Å². The highest BCUT2D eigenvalue weighted by molar-refractivity contribution is 6.04. The van der Waals surface area contributed by atoms with Gasteiger partial charge in [0.05, 0.1) is 23.3 Å². The highest BCUT2D eigenvalue weighted by Crippen LogP contribution is 2.32. The lowest BCUT2D eigenvalue weighted by atomic mass is 10.0. The van der Waals surface area contributed by atoms with Crippen LogP contribution in [0, 0.1) is 0 Å². The number of benzene rings is 2. The largest absolute Gasteiger partial charge is 0.384 e. The van der Waals surface area contributed by atoms with Crippen LogP contribution in [-0.4, -0.2) is 22.6 Å². The van der Waals surface area contributed by atoms with E-state index < -0.39 is 0 Å². The molecule has 0 saturated heterocycles. The number of para-hydroxylation sites is 1. The van der Waals surface area contributed by atoms with Crippen molar-refractivity contribution in [3.05, 3.63) is 54.2 Å². The Balaban J connectivity index is 1.64. The van der Waals surface area contributed by atoms with Crippen molar-refractivity contribution in [2.24, 2.45) is 0 Å². The minimum absolute atomic E-state index is 0.00106. The molecule has 0 aliphatic carbocycles. The zero-order valence-electron chi connectivity index (χ0n) is 11.3. The number of hydrogen-bond donors (Lipinski definition) is 3. The Labute approximate surface area is 121 Å². The average Bonchev–Trinajstić information content (AvgIpc) is 3.14. The van der Waals surface area contributed by atoms with E-state index in [1.165, 1.54) is 0 Å². The summed E-state index contributed by atoms with van der Waals surface area (Å²) in [6, 6.07) is 13.7. The van der Waals surface area contributed by atoms with E-state index >= 15 is 0 Å². The summed E-state index contributed by atoms with van der Waals surface area (Å²) in [5.41, 5.74) is 3.79. The lowest BCUT2D eigenvalue weighted by Gasteiger charge is -2.11. The van der Waals surface area contributed by atoms with E-state index in [1.807, 2.05) is 42.5 Å². The fraction of sp³-hybridized carbons (Fsp3) is 0.125. The number of fused-ring (bicyclic) bond motifs is 2. The minimum Gasteiger partial charge on any atom is -0.384 e. The number of carbonyl (C=O) groups is 1. The van der Waals surface area contributed by atoms with Crippen molar-refractivity contribution in [2.45, 2.75) is 5.92 Å². The molecular weight excluding hydrogens is 264 g/mol. The van der Waals surface area contributed by atoms with Crippen LogP contribution in [0.5, 0.6) is 0 Å². The van der Waals surface area contributed by atoms with Gasteiger partial charge in [0.2, 0.25) is 5.91 Å². The molecular formula is C16H14N4O. The summed E-state index contributed by atoms with van der Waals surface area (Å²) in [7, 11) is 0. The van der Waals surface area contributed by atoms with Gasteiger partial charge in [-0.15, -0.1) is 0 Å². The van der Waals surface area contributed by atoms with Gasteiger partial charge in [-0.1, -0.05) is 24.3 Å². The lowest BCUT2D eigenvalue weighted by Crippen LogP contribution is -2.22. The second-order valence-corrected chi connectivity index (χ2v) is 5.15. The summed E-state index contributed by atoms with van der Waals surface area (Å²) in [6.07, 6.45) is 1.73.